The Bertz CT molecular complexity index is 773. The van der Waals surface area contributed by atoms with Gasteiger partial charge in [-0.1, -0.05) is 13.0 Å². The fourth-order valence-corrected chi connectivity index (χ4v) is 3.46. The van der Waals surface area contributed by atoms with E-state index in [-0.39, 0.29) is 11.8 Å². The van der Waals surface area contributed by atoms with Crippen molar-refractivity contribution >= 4 is 23.2 Å². The quantitative estimate of drug-likeness (QED) is 0.732. The molecule has 6 nitrogen and oxygen atoms in total. The van der Waals surface area contributed by atoms with E-state index in [2.05, 4.69) is 27.9 Å². The molecule has 2 heterocycles. The van der Waals surface area contributed by atoms with Crippen LogP contribution in [0.1, 0.15) is 36.5 Å². The van der Waals surface area contributed by atoms with Crippen molar-refractivity contribution < 1.29 is 9.59 Å². The highest BCUT2D eigenvalue weighted by molar-refractivity contribution is 6.05. The molecule has 0 radical (unpaired) electrons. The zero-order chi connectivity index (χ0) is 19.1. The Labute approximate surface area is 159 Å². The number of pyridine rings is 1. The molecule has 1 unspecified atom stereocenters. The number of piperidine rings is 1. The van der Waals surface area contributed by atoms with Crippen molar-refractivity contribution in [3.63, 3.8) is 0 Å². The maximum atomic E-state index is 12.4. The summed E-state index contributed by atoms with van der Waals surface area (Å²) in [6.07, 6.45) is 5.99. The average Bonchev–Trinajstić information content (AvgIpc) is 2.69. The topological polar surface area (TPSA) is 83.1 Å². The van der Waals surface area contributed by atoms with Crippen LogP contribution >= 0.6 is 0 Å². The number of nitrogens with one attached hydrogen (secondary N) is 3. The fraction of sp³-hybridized carbons (Fsp3) is 0.381. The van der Waals surface area contributed by atoms with E-state index in [9.17, 15) is 9.59 Å². The lowest BCUT2D eigenvalue weighted by atomic mass is 9.84. The third kappa shape index (κ3) is 5.62. The van der Waals surface area contributed by atoms with Gasteiger partial charge >= 0.3 is 0 Å². The molecule has 1 atom stereocenters. The largest absolute Gasteiger partial charge is 0.326 e. The highest BCUT2D eigenvalue weighted by Crippen LogP contribution is 2.25. The molecule has 1 aromatic heterocycles. The average molecular weight is 366 g/mol. The summed E-state index contributed by atoms with van der Waals surface area (Å²) in [4.78, 5) is 28.7. The third-order valence-corrected chi connectivity index (χ3v) is 5.04. The van der Waals surface area contributed by atoms with Gasteiger partial charge in [0.05, 0.1) is 0 Å². The number of nitrogens with zero attached hydrogens (tertiary/aromatic N) is 1. The minimum Gasteiger partial charge on any atom is -0.326 e. The Morgan fingerprint density at radius 3 is 2.59 bits per heavy atom. The molecular weight excluding hydrogens is 340 g/mol. The van der Waals surface area contributed by atoms with Crippen molar-refractivity contribution in [3.05, 3.63) is 54.4 Å². The lowest BCUT2D eigenvalue weighted by Crippen LogP contribution is -2.32. The van der Waals surface area contributed by atoms with Gasteiger partial charge in [0.15, 0.2) is 0 Å². The number of hydrogen-bond acceptors (Lipinski definition) is 4. The molecule has 1 aromatic carbocycles. The number of carbonyl (C=O) groups is 2. The summed E-state index contributed by atoms with van der Waals surface area (Å²) < 4.78 is 0. The zero-order valence-corrected chi connectivity index (χ0v) is 15.6. The van der Waals surface area contributed by atoms with Crippen molar-refractivity contribution in [1.82, 2.24) is 10.3 Å². The van der Waals surface area contributed by atoms with E-state index in [0.717, 1.165) is 25.9 Å². The van der Waals surface area contributed by atoms with Crippen LogP contribution < -0.4 is 16.0 Å². The van der Waals surface area contributed by atoms with Gasteiger partial charge in [-0.3, -0.25) is 14.6 Å². The molecule has 1 fully saturated rings. The summed E-state index contributed by atoms with van der Waals surface area (Å²) in [5.74, 6) is 0.716. The van der Waals surface area contributed by atoms with E-state index in [1.165, 1.54) is 0 Å². The second-order valence-corrected chi connectivity index (χ2v) is 7.09. The van der Waals surface area contributed by atoms with Crippen LogP contribution in [0.5, 0.6) is 0 Å². The summed E-state index contributed by atoms with van der Waals surface area (Å²) in [6.45, 7) is 4.21. The first-order chi connectivity index (χ1) is 13.1. The predicted octanol–water partition coefficient (Wildman–Crippen LogP) is 3.30. The monoisotopic (exact) mass is 366 g/mol. The van der Waals surface area contributed by atoms with E-state index in [1.54, 1.807) is 48.8 Å². The van der Waals surface area contributed by atoms with Gasteiger partial charge in [0, 0.05) is 35.8 Å². The Morgan fingerprint density at radius 2 is 1.85 bits per heavy atom. The van der Waals surface area contributed by atoms with Crippen molar-refractivity contribution in [1.29, 1.82) is 0 Å². The molecule has 1 aliphatic heterocycles. The van der Waals surface area contributed by atoms with Crippen molar-refractivity contribution in [2.75, 3.05) is 23.7 Å². The second-order valence-electron chi connectivity index (χ2n) is 7.09. The molecule has 142 valence electrons. The Morgan fingerprint density at radius 1 is 1.11 bits per heavy atom. The molecule has 0 aliphatic carbocycles. The van der Waals surface area contributed by atoms with Crippen LogP contribution in [0.3, 0.4) is 0 Å². The van der Waals surface area contributed by atoms with Gasteiger partial charge in [-0.15, -0.1) is 0 Å². The summed E-state index contributed by atoms with van der Waals surface area (Å²) in [5, 5.41) is 9.10. The van der Waals surface area contributed by atoms with Gasteiger partial charge in [0.1, 0.15) is 0 Å². The van der Waals surface area contributed by atoms with Crippen molar-refractivity contribution in [2.24, 2.45) is 11.8 Å². The third-order valence-electron chi connectivity index (χ3n) is 5.04. The first-order valence-corrected chi connectivity index (χ1v) is 9.44. The number of anilines is 2. The van der Waals surface area contributed by atoms with Crippen LogP contribution in [0.15, 0.2) is 48.8 Å². The number of hydrogen-bond donors (Lipinski definition) is 3. The molecule has 1 aliphatic rings. The van der Waals surface area contributed by atoms with Crippen LogP contribution in [-0.4, -0.2) is 29.9 Å². The van der Waals surface area contributed by atoms with Gasteiger partial charge in [-0.25, -0.2) is 0 Å². The van der Waals surface area contributed by atoms with Gasteiger partial charge < -0.3 is 16.0 Å². The number of carbonyl (C=O) groups excluding carboxylic acids is 2. The molecule has 0 saturated carbocycles. The van der Waals surface area contributed by atoms with E-state index < -0.39 is 0 Å². The Kier molecular flexibility index (Phi) is 6.54. The highest BCUT2D eigenvalue weighted by Gasteiger charge is 2.22. The summed E-state index contributed by atoms with van der Waals surface area (Å²) in [7, 11) is 0. The maximum absolute atomic E-state index is 12.4. The van der Waals surface area contributed by atoms with Crippen LogP contribution in [0, 0.1) is 11.8 Å². The number of benzene rings is 1. The van der Waals surface area contributed by atoms with Gasteiger partial charge in [0.2, 0.25) is 5.91 Å². The summed E-state index contributed by atoms with van der Waals surface area (Å²) in [6, 6.07) is 10.5. The maximum Gasteiger partial charge on any atom is 0.255 e. The molecule has 3 rings (SSSR count). The number of rotatable bonds is 6. The SMILES string of the molecule is CC(CC(=O)Nc1cccc(C(=O)Nc2ccncc2)c1)C1CCNCC1. The molecule has 0 bridgehead atoms. The van der Waals surface area contributed by atoms with E-state index in [4.69, 9.17) is 0 Å². The molecule has 1 saturated heterocycles. The summed E-state index contributed by atoms with van der Waals surface area (Å²) in [5.41, 5.74) is 1.82. The number of aromatic nitrogens is 1. The first kappa shape index (κ1) is 19.0. The molecule has 2 amide bonds. The second kappa shape index (κ2) is 9.28. The lowest BCUT2D eigenvalue weighted by molar-refractivity contribution is -0.117. The highest BCUT2D eigenvalue weighted by atomic mass is 16.2. The molecule has 0 spiro atoms. The Balaban J connectivity index is 1.56. The van der Waals surface area contributed by atoms with Gasteiger partial charge in [0.25, 0.3) is 5.91 Å². The van der Waals surface area contributed by atoms with Crippen molar-refractivity contribution in [2.45, 2.75) is 26.2 Å². The molecule has 3 N–H and O–H groups in total. The molecule has 27 heavy (non-hydrogen) atoms. The van der Waals surface area contributed by atoms with Crippen LogP contribution in [0.4, 0.5) is 11.4 Å². The molecular formula is C21H26N4O2. The smallest absolute Gasteiger partial charge is 0.255 e. The zero-order valence-electron chi connectivity index (χ0n) is 15.6. The minimum absolute atomic E-state index is 0.00674. The van der Waals surface area contributed by atoms with Crippen LogP contribution in [0.2, 0.25) is 0 Å². The fourth-order valence-electron chi connectivity index (χ4n) is 3.46. The normalized spacial score (nSPS) is 15.7. The Hall–Kier alpha value is -2.73. The van der Waals surface area contributed by atoms with Gasteiger partial charge in [-0.05, 0) is 68.1 Å². The van der Waals surface area contributed by atoms with Crippen LogP contribution in [-0.2, 0) is 4.79 Å². The predicted molar refractivity (Wildman–Crippen MR) is 107 cm³/mol. The van der Waals surface area contributed by atoms with E-state index in [0.29, 0.717) is 35.2 Å². The standard InChI is InChI=1S/C21H26N4O2/c1-15(16-5-9-22-10-6-16)13-20(26)24-19-4-2-3-17(14-19)21(27)25-18-7-11-23-12-8-18/h2-4,7-8,11-12,14-16,22H,5-6,9-10,13H2,1H3,(H,24,26)(H,23,25,27). The van der Waals surface area contributed by atoms with Crippen LogP contribution in [0.25, 0.3) is 0 Å². The first-order valence-electron chi connectivity index (χ1n) is 9.44. The minimum atomic E-state index is -0.222. The van der Waals surface area contributed by atoms with E-state index in [1.807, 2.05) is 0 Å². The lowest BCUT2D eigenvalue weighted by Gasteiger charge is -2.27. The number of amides is 2. The summed E-state index contributed by atoms with van der Waals surface area (Å²) >= 11 is 0. The van der Waals surface area contributed by atoms with Crippen molar-refractivity contribution in [3.8, 4) is 0 Å². The molecule has 2 aromatic rings. The van der Waals surface area contributed by atoms with E-state index >= 15 is 0 Å². The molecule has 6 heteroatoms. The van der Waals surface area contributed by atoms with Gasteiger partial charge in [-0.2, -0.15) is 0 Å².